The van der Waals surface area contributed by atoms with Crippen LogP contribution in [0.2, 0.25) is 0 Å². The Bertz CT molecular complexity index is 299. The molecule has 0 atom stereocenters. The molecule has 1 saturated carbocycles. The molecule has 0 radical (unpaired) electrons. The van der Waals surface area contributed by atoms with Crippen molar-refractivity contribution in [3.8, 4) is 0 Å². The zero-order valence-corrected chi connectivity index (χ0v) is 11.6. The number of amides is 2. The van der Waals surface area contributed by atoms with Gasteiger partial charge in [0.1, 0.15) is 6.54 Å². The van der Waals surface area contributed by atoms with Crippen molar-refractivity contribution < 1.29 is 14.7 Å². The fraction of sp³-hybridized carbons (Fsp3) is 0.846. The van der Waals surface area contributed by atoms with Crippen LogP contribution in [0.5, 0.6) is 0 Å². The van der Waals surface area contributed by atoms with Gasteiger partial charge in [0.15, 0.2) is 0 Å². The maximum atomic E-state index is 12.2. The molecular weight excluding hydrogens is 232 g/mol. The lowest BCUT2D eigenvalue weighted by Crippen LogP contribution is -2.48. The predicted octanol–water partition coefficient (Wildman–Crippen LogP) is 2.02. The van der Waals surface area contributed by atoms with E-state index in [-0.39, 0.29) is 18.6 Å². The Morgan fingerprint density at radius 1 is 1.28 bits per heavy atom. The smallest absolute Gasteiger partial charge is 0.323 e. The summed E-state index contributed by atoms with van der Waals surface area (Å²) in [7, 11) is 1.76. The van der Waals surface area contributed by atoms with Crippen molar-refractivity contribution in [2.24, 2.45) is 5.92 Å². The number of nitrogens with zero attached hydrogens (tertiary/aromatic N) is 2. The Kier molecular flexibility index (Phi) is 5.44. The van der Waals surface area contributed by atoms with Crippen LogP contribution in [0.3, 0.4) is 0 Å². The minimum absolute atomic E-state index is 0.0976. The van der Waals surface area contributed by atoms with Gasteiger partial charge in [-0.15, -0.1) is 0 Å². The molecule has 18 heavy (non-hydrogen) atoms. The van der Waals surface area contributed by atoms with E-state index in [0.717, 1.165) is 6.54 Å². The van der Waals surface area contributed by atoms with E-state index in [2.05, 4.69) is 0 Å². The molecule has 5 nitrogen and oxygen atoms in total. The first-order valence-electron chi connectivity index (χ1n) is 6.65. The van der Waals surface area contributed by atoms with Crippen LogP contribution in [-0.4, -0.2) is 53.1 Å². The summed E-state index contributed by atoms with van der Waals surface area (Å²) >= 11 is 0. The summed E-state index contributed by atoms with van der Waals surface area (Å²) in [5, 5.41) is 8.84. The molecule has 5 heteroatoms. The van der Waals surface area contributed by atoms with Crippen LogP contribution in [0.15, 0.2) is 0 Å². The second-order valence-electron chi connectivity index (χ2n) is 5.43. The van der Waals surface area contributed by atoms with E-state index >= 15 is 0 Å². The first-order chi connectivity index (χ1) is 8.41. The molecule has 0 bridgehead atoms. The summed E-state index contributed by atoms with van der Waals surface area (Å²) in [4.78, 5) is 26.0. The van der Waals surface area contributed by atoms with Crippen molar-refractivity contribution in [2.45, 2.75) is 45.6 Å². The molecular formula is C13H24N2O3. The summed E-state index contributed by atoms with van der Waals surface area (Å²) in [6.07, 6.45) is 4.85. The van der Waals surface area contributed by atoms with E-state index in [1.807, 2.05) is 13.8 Å². The van der Waals surface area contributed by atoms with Crippen molar-refractivity contribution in [1.82, 2.24) is 9.80 Å². The molecule has 0 heterocycles. The number of rotatable bonds is 5. The van der Waals surface area contributed by atoms with E-state index in [0.29, 0.717) is 5.92 Å². The summed E-state index contributed by atoms with van der Waals surface area (Å²) < 4.78 is 0. The maximum absolute atomic E-state index is 12.2. The van der Waals surface area contributed by atoms with Crippen molar-refractivity contribution in [3.63, 3.8) is 0 Å². The third-order valence-electron chi connectivity index (χ3n) is 3.51. The zero-order chi connectivity index (χ0) is 13.7. The number of carboxylic acid groups (broad SMARTS) is 1. The third kappa shape index (κ3) is 4.20. The molecule has 0 aromatic rings. The van der Waals surface area contributed by atoms with Crippen LogP contribution in [0.1, 0.15) is 39.5 Å². The summed E-state index contributed by atoms with van der Waals surface area (Å²) in [5.41, 5.74) is 0. The molecule has 0 aromatic heterocycles. The summed E-state index contributed by atoms with van der Waals surface area (Å²) in [5.74, 6) is -0.385. The Morgan fingerprint density at radius 3 is 2.28 bits per heavy atom. The second kappa shape index (κ2) is 6.61. The number of carboxylic acids is 1. The predicted molar refractivity (Wildman–Crippen MR) is 69.5 cm³/mol. The Morgan fingerprint density at radius 2 is 1.83 bits per heavy atom. The minimum Gasteiger partial charge on any atom is -0.480 e. The lowest BCUT2D eigenvalue weighted by molar-refractivity contribution is -0.138. The summed E-state index contributed by atoms with van der Waals surface area (Å²) in [6, 6.07) is -0.279. The lowest BCUT2D eigenvalue weighted by Gasteiger charge is -2.31. The molecule has 2 amide bonds. The zero-order valence-electron chi connectivity index (χ0n) is 11.6. The third-order valence-corrected chi connectivity index (χ3v) is 3.51. The van der Waals surface area contributed by atoms with Crippen molar-refractivity contribution >= 4 is 12.0 Å². The van der Waals surface area contributed by atoms with Gasteiger partial charge in [0.25, 0.3) is 0 Å². The van der Waals surface area contributed by atoms with Gasteiger partial charge in [0, 0.05) is 19.6 Å². The molecule has 0 aromatic carbocycles. The number of carbonyl (C=O) groups excluding carboxylic acids is 1. The molecule has 104 valence electrons. The first-order valence-corrected chi connectivity index (χ1v) is 6.65. The van der Waals surface area contributed by atoms with Gasteiger partial charge in [-0.2, -0.15) is 0 Å². The molecule has 0 aliphatic heterocycles. The molecule has 1 N–H and O–H groups in total. The van der Waals surface area contributed by atoms with Gasteiger partial charge >= 0.3 is 12.0 Å². The van der Waals surface area contributed by atoms with Gasteiger partial charge in [-0.25, -0.2) is 4.79 Å². The fourth-order valence-corrected chi connectivity index (χ4v) is 2.49. The number of hydrogen-bond donors (Lipinski definition) is 1. The standard InChI is InChI=1S/C13H24N2O3/c1-10(2)15(9-12(16)17)13(18)14(3)8-11-6-4-5-7-11/h10-11H,4-9H2,1-3H3,(H,16,17). The van der Waals surface area contributed by atoms with Crippen molar-refractivity contribution in [2.75, 3.05) is 20.1 Å². The van der Waals surface area contributed by atoms with E-state index in [1.165, 1.54) is 30.6 Å². The van der Waals surface area contributed by atoms with Gasteiger partial charge in [-0.3, -0.25) is 4.79 Å². The minimum atomic E-state index is -0.966. The highest BCUT2D eigenvalue weighted by molar-refractivity contribution is 5.80. The number of carbonyl (C=O) groups is 2. The highest BCUT2D eigenvalue weighted by atomic mass is 16.4. The topological polar surface area (TPSA) is 60.9 Å². The van der Waals surface area contributed by atoms with Crippen LogP contribution in [-0.2, 0) is 4.79 Å². The lowest BCUT2D eigenvalue weighted by atomic mass is 10.1. The molecule has 1 fully saturated rings. The average Bonchev–Trinajstić information content (AvgIpc) is 2.77. The van der Waals surface area contributed by atoms with Crippen LogP contribution >= 0.6 is 0 Å². The van der Waals surface area contributed by atoms with E-state index in [1.54, 1.807) is 11.9 Å². The van der Waals surface area contributed by atoms with Crippen LogP contribution in [0, 0.1) is 5.92 Å². The molecule has 0 unspecified atom stereocenters. The first kappa shape index (κ1) is 14.8. The molecule has 1 rings (SSSR count). The Labute approximate surface area is 109 Å². The SMILES string of the molecule is CC(C)N(CC(=O)O)C(=O)N(C)CC1CCCC1. The monoisotopic (exact) mass is 256 g/mol. The summed E-state index contributed by atoms with van der Waals surface area (Å²) in [6.45, 7) is 4.18. The van der Waals surface area contributed by atoms with E-state index < -0.39 is 5.97 Å². The Hall–Kier alpha value is -1.26. The highest BCUT2D eigenvalue weighted by Gasteiger charge is 2.25. The maximum Gasteiger partial charge on any atom is 0.323 e. The Balaban J connectivity index is 2.54. The largest absolute Gasteiger partial charge is 0.480 e. The number of urea groups is 1. The van der Waals surface area contributed by atoms with Gasteiger partial charge in [0.05, 0.1) is 0 Å². The number of hydrogen-bond acceptors (Lipinski definition) is 2. The normalized spacial score (nSPS) is 16.0. The second-order valence-corrected chi connectivity index (χ2v) is 5.43. The van der Waals surface area contributed by atoms with Crippen LogP contribution in [0.25, 0.3) is 0 Å². The van der Waals surface area contributed by atoms with Crippen molar-refractivity contribution in [1.29, 1.82) is 0 Å². The molecule has 1 aliphatic rings. The highest BCUT2D eigenvalue weighted by Crippen LogP contribution is 2.25. The quantitative estimate of drug-likeness (QED) is 0.818. The average molecular weight is 256 g/mol. The molecule has 0 spiro atoms. The van der Waals surface area contributed by atoms with E-state index in [9.17, 15) is 9.59 Å². The van der Waals surface area contributed by atoms with Gasteiger partial charge in [-0.1, -0.05) is 12.8 Å². The van der Waals surface area contributed by atoms with Crippen molar-refractivity contribution in [3.05, 3.63) is 0 Å². The van der Waals surface area contributed by atoms with Gasteiger partial charge < -0.3 is 14.9 Å². The number of aliphatic carboxylic acids is 1. The van der Waals surface area contributed by atoms with Gasteiger partial charge in [0.2, 0.25) is 0 Å². The van der Waals surface area contributed by atoms with Gasteiger partial charge in [-0.05, 0) is 32.6 Å². The van der Waals surface area contributed by atoms with Crippen LogP contribution < -0.4 is 0 Å². The van der Waals surface area contributed by atoms with Crippen LogP contribution in [0.4, 0.5) is 4.79 Å². The fourth-order valence-electron chi connectivity index (χ4n) is 2.49. The molecule has 1 aliphatic carbocycles. The van der Waals surface area contributed by atoms with E-state index in [4.69, 9.17) is 5.11 Å². The molecule has 0 saturated heterocycles.